The molecule has 30 heavy (non-hydrogen) atoms. The fraction of sp³-hybridized carbons (Fsp3) is 0.455. The van der Waals surface area contributed by atoms with Crippen LogP contribution in [-0.4, -0.2) is 54.0 Å². The first kappa shape index (κ1) is 20.8. The van der Waals surface area contributed by atoms with Gasteiger partial charge in [-0.05, 0) is 68.5 Å². The van der Waals surface area contributed by atoms with Crippen LogP contribution in [0, 0.1) is 6.92 Å². The number of carboxylic acids is 1. The van der Waals surface area contributed by atoms with Crippen molar-refractivity contribution in [1.29, 1.82) is 0 Å². The van der Waals surface area contributed by atoms with Crippen LogP contribution in [0.5, 0.6) is 0 Å². The third-order valence-corrected chi connectivity index (χ3v) is 8.00. The molecule has 1 N–H and O–H groups in total. The summed E-state index contributed by atoms with van der Waals surface area (Å²) >= 11 is 0. The minimum absolute atomic E-state index is 0.0417. The first-order valence-corrected chi connectivity index (χ1v) is 11.7. The number of benzene rings is 1. The van der Waals surface area contributed by atoms with Gasteiger partial charge in [0.25, 0.3) is 0 Å². The molecule has 1 aromatic heterocycles. The number of hydrogen-bond acceptors (Lipinski definition) is 5. The standard InChI is InChI=1S/C22H27N3O4S/c1-14-4-9-21(23-11-14)25-15(2)12-24(13-16(25)3)30(28,29)18-7-5-17-6-8-19(22(26)27)20(17)10-18/h4-5,7,9-11,15-16,19H,6,8,12-13H2,1-3H3,(H,26,27)/t15-,16+,19?. The Morgan fingerprint density at radius 3 is 2.43 bits per heavy atom. The summed E-state index contributed by atoms with van der Waals surface area (Å²) in [7, 11) is -3.72. The maximum Gasteiger partial charge on any atom is 0.310 e. The lowest BCUT2D eigenvalue weighted by Crippen LogP contribution is -2.58. The molecular formula is C22H27N3O4S. The number of aryl methyl sites for hydroxylation is 2. The van der Waals surface area contributed by atoms with Crippen LogP contribution in [0.15, 0.2) is 41.4 Å². The van der Waals surface area contributed by atoms with Crippen molar-refractivity contribution in [3.63, 3.8) is 0 Å². The Balaban J connectivity index is 1.60. The zero-order valence-electron chi connectivity index (χ0n) is 17.4. The van der Waals surface area contributed by atoms with Crippen LogP contribution < -0.4 is 4.90 Å². The fourth-order valence-corrected chi connectivity index (χ4v) is 6.32. The summed E-state index contributed by atoms with van der Waals surface area (Å²) in [5.74, 6) is -0.679. The lowest BCUT2D eigenvalue weighted by Gasteiger charge is -2.44. The van der Waals surface area contributed by atoms with E-state index < -0.39 is 21.9 Å². The molecule has 1 aliphatic carbocycles. The summed E-state index contributed by atoms with van der Waals surface area (Å²) in [6.07, 6.45) is 3.01. The number of hydrogen-bond donors (Lipinski definition) is 1. The van der Waals surface area contributed by atoms with E-state index in [1.54, 1.807) is 18.2 Å². The van der Waals surface area contributed by atoms with Gasteiger partial charge in [0.1, 0.15) is 5.82 Å². The Hall–Kier alpha value is -2.45. The Bertz CT molecular complexity index is 1060. The number of fused-ring (bicyclic) bond motifs is 1. The smallest absolute Gasteiger partial charge is 0.310 e. The Labute approximate surface area is 177 Å². The molecule has 160 valence electrons. The number of carboxylic acid groups (broad SMARTS) is 1. The number of rotatable bonds is 4. The van der Waals surface area contributed by atoms with Gasteiger partial charge < -0.3 is 10.0 Å². The van der Waals surface area contributed by atoms with E-state index in [9.17, 15) is 18.3 Å². The van der Waals surface area contributed by atoms with Crippen LogP contribution in [-0.2, 0) is 21.2 Å². The van der Waals surface area contributed by atoms with E-state index in [0.29, 0.717) is 31.5 Å². The predicted octanol–water partition coefficient (Wildman–Crippen LogP) is 2.79. The summed E-state index contributed by atoms with van der Waals surface area (Å²) in [6, 6.07) is 8.85. The molecule has 0 spiro atoms. The van der Waals surface area contributed by atoms with Gasteiger partial charge in [0.05, 0.1) is 10.8 Å². The van der Waals surface area contributed by atoms with Crippen molar-refractivity contribution >= 4 is 21.8 Å². The van der Waals surface area contributed by atoms with Crippen molar-refractivity contribution in [3.05, 3.63) is 53.2 Å². The lowest BCUT2D eigenvalue weighted by atomic mass is 10.0. The molecule has 2 aliphatic rings. The third-order valence-electron chi connectivity index (χ3n) is 6.18. The highest BCUT2D eigenvalue weighted by atomic mass is 32.2. The molecule has 7 nitrogen and oxygen atoms in total. The second-order valence-electron chi connectivity index (χ2n) is 8.41. The summed E-state index contributed by atoms with van der Waals surface area (Å²) in [5.41, 5.74) is 2.64. The molecule has 4 rings (SSSR count). The topological polar surface area (TPSA) is 90.8 Å². The first-order valence-electron chi connectivity index (χ1n) is 10.2. The number of aliphatic carboxylic acids is 1. The number of pyridine rings is 1. The van der Waals surface area contributed by atoms with Gasteiger partial charge in [-0.2, -0.15) is 4.31 Å². The average molecular weight is 430 g/mol. The maximum atomic E-state index is 13.4. The van der Waals surface area contributed by atoms with Crippen LogP contribution in [0.4, 0.5) is 5.82 Å². The molecule has 1 unspecified atom stereocenters. The predicted molar refractivity (Wildman–Crippen MR) is 114 cm³/mol. The molecule has 2 aromatic rings. The molecule has 1 aliphatic heterocycles. The van der Waals surface area contributed by atoms with E-state index in [-0.39, 0.29) is 17.0 Å². The van der Waals surface area contributed by atoms with E-state index in [0.717, 1.165) is 16.9 Å². The van der Waals surface area contributed by atoms with Gasteiger partial charge in [-0.1, -0.05) is 12.1 Å². The second-order valence-corrected chi connectivity index (χ2v) is 10.3. The molecular weight excluding hydrogens is 402 g/mol. The van der Waals surface area contributed by atoms with Gasteiger partial charge in [-0.25, -0.2) is 13.4 Å². The van der Waals surface area contributed by atoms with Crippen molar-refractivity contribution in [1.82, 2.24) is 9.29 Å². The van der Waals surface area contributed by atoms with Gasteiger partial charge >= 0.3 is 5.97 Å². The number of nitrogens with zero attached hydrogens (tertiary/aromatic N) is 3. The van der Waals surface area contributed by atoms with Crippen LogP contribution in [0.1, 0.15) is 42.9 Å². The Morgan fingerprint density at radius 1 is 1.13 bits per heavy atom. The Morgan fingerprint density at radius 2 is 1.83 bits per heavy atom. The third kappa shape index (κ3) is 3.58. The van der Waals surface area contributed by atoms with Crippen molar-refractivity contribution in [2.75, 3.05) is 18.0 Å². The van der Waals surface area contributed by atoms with Gasteiger partial charge in [0.15, 0.2) is 0 Å². The van der Waals surface area contributed by atoms with E-state index in [4.69, 9.17) is 0 Å². The minimum Gasteiger partial charge on any atom is -0.481 e. The lowest BCUT2D eigenvalue weighted by molar-refractivity contribution is -0.138. The molecule has 0 radical (unpaired) electrons. The molecule has 2 heterocycles. The minimum atomic E-state index is -3.72. The average Bonchev–Trinajstić information content (AvgIpc) is 3.12. The number of sulfonamides is 1. The highest BCUT2D eigenvalue weighted by Gasteiger charge is 2.38. The van der Waals surface area contributed by atoms with Gasteiger partial charge in [-0.15, -0.1) is 0 Å². The van der Waals surface area contributed by atoms with E-state index in [1.807, 2.05) is 39.1 Å². The van der Waals surface area contributed by atoms with Crippen LogP contribution in [0.25, 0.3) is 0 Å². The van der Waals surface area contributed by atoms with Crippen molar-refractivity contribution in [2.45, 2.75) is 56.5 Å². The quantitative estimate of drug-likeness (QED) is 0.804. The molecule has 8 heteroatoms. The summed E-state index contributed by atoms with van der Waals surface area (Å²) < 4.78 is 28.3. The van der Waals surface area contributed by atoms with Crippen LogP contribution in [0.3, 0.4) is 0 Å². The second kappa shape index (κ2) is 7.67. The van der Waals surface area contributed by atoms with Crippen molar-refractivity contribution in [3.8, 4) is 0 Å². The highest BCUT2D eigenvalue weighted by molar-refractivity contribution is 7.89. The van der Waals surface area contributed by atoms with Gasteiger partial charge in [-0.3, -0.25) is 4.79 Å². The molecule has 1 aromatic carbocycles. The summed E-state index contributed by atoms with van der Waals surface area (Å²) in [5, 5.41) is 9.46. The molecule has 1 fully saturated rings. The molecule has 0 saturated carbocycles. The van der Waals surface area contributed by atoms with E-state index in [2.05, 4.69) is 9.88 Å². The fourth-order valence-electron chi connectivity index (χ4n) is 4.68. The Kier molecular flexibility index (Phi) is 5.32. The molecule has 1 saturated heterocycles. The van der Waals surface area contributed by atoms with Gasteiger partial charge in [0.2, 0.25) is 10.0 Å². The summed E-state index contributed by atoms with van der Waals surface area (Å²) in [4.78, 5) is 18.4. The number of aromatic nitrogens is 1. The SMILES string of the molecule is Cc1ccc(N2[C@H](C)CN(S(=O)(=O)c3ccc4c(c3)C(C(=O)O)CC4)C[C@@H]2C)nc1. The molecule has 0 amide bonds. The normalized spacial score (nSPS) is 24.6. The molecule has 3 atom stereocenters. The largest absolute Gasteiger partial charge is 0.481 e. The van der Waals surface area contributed by atoms with E-state index in [1.165, 1.54) is 4.31 Å². The zero-order chi connectivity index (χ0) is 21.6. The van der Waals surface area contributed by atoms with E-state index >= 15 is 0 Å². The summed E-state index contributed by atoms with van der Waals surface area (Å²) in [6.45, 7) is 6.69. The van der Waals surface area contributed by atoms with Crippen molar-refractivity contribution < 1.29 is 18.3 Å². The number of piperazine rings is 1. The highest BCUT2D eigenvalue weighted by Crippen LogP contribution is 2.36. The number of anilines is 1. The monoisotopic (exact) mass is 429 g/mol. The van der Waals surface area contributed by atoms with Gasteiger partial charge in [0, 0.05) is 31.4 Å². The van der Waals surface area contributed by atoms with Crippen LogP contribution in [0.2, 0.25) is 0 Å². The zero-order valence-corrected chi connectivity index (χ0v) is 18.3. The number of carbonyl (C=O) groups is 1. The van der Waals surface area contributed by atoms with Crippen LogP contribution >= 0.6 is 0 Å². The first-order chi connectivity index (χ1) is 14.2. The maximum absolute atomic E-state index is 13.4. The van der Waals surface area contributed by atoms with Crippen molar-refractivity contribution in [2.24, 2.45) is 0 Å². The molecule has 0 bridgehead atoms.